The molecule has 2 heterocycles. The maximum absolute atomic E-state index is 11.8. The summed E-state index contributed by atoms with van der Waals surface area (Å²) in [6.07, 6.45) is 2.88. The standard InChI is InChI=1S/C11H19N3O2/c1-2-7-3-8(5-12-7)14-11(16)10-4-9(15)6-13-10/h2,7-10,12-13,15H,1,3-6H2,(H,14,16). The van der Waals surface area contributed by atoms with Crippen LogP contribution in [0.5, 0.6) is 0 Å². The second-order valence-electron chi connectivity index (χ2n) is 4.54. The predicted octanol–water partition coefficient (Wildman–Crippen LogP) is -1.26. The number of hydrogen-bond donors (Lipinski definition) is 4. The number of carbonyl (C=O) groups excluding carboxylic acids is 1. The molecule has 0 spiro atoms. The lowest BCUT2D eigenvalue weighted by atomic mass is 10.1. The number of aliphatic hydroxyl groups excluding tert-OH is 1. The van der Waals surface area contributed by atoms with E-state index in [1.165, 1.54) is 0 Å². The number of rotatable bonds is 3. The number of nitrogens with one attached hydrogen (secondary N) is 3. The SMILES string of the molecule is C=CC1CC(NC(=O)C2CC(O)CN2)CN1. The van der Waals surface area contributed by atoms with Crippen LogP contribution in [0, 0.1) is 0 Å². The maximum atomic E-state index is 11.8. The first-order valence-corrected chi connectivity index (χ1v) is 5.77. The van der Waals surface area contributed by atoms with Gasteiger partial charge in [0, 0.05) is 25.2 Å². The van der Waals surface area contributed by atoms with E-state index in [0.29, 0.717) is 19.0 Å². The molecule has 90 valence electrons. The molecule has 2 aliphatic heterocycles. The summed E-state index contributed by atoms with van der Waals surface area (Å²) in [5.74, 6) is -0.00642. The zero-order valence-corrected chi connectivity index (χ0v) is 9.28. The molecular weight excluding hydrogens is 206 g/mol. The quantitative estimate of drug-likeness (QED) is 0.453. The molecule has 4 unspecified atom stereocenters. The van der Waals surface area contributed by atoms with Gasteiger partial charge in [0.2, 0.25) is 5.91 Å². The monoisotopic (exact) mass is 225 g/mol. The van der Waals surface area contributed by atoms with Crippen molar-refractivity contribution in [3.05, 3.63) is 12.7 Å². The molecule has 5 nitrogen and oxygen atoms in total. The first-order chi connectivity index (χ1) is 7.69. The highest BCUT2D eigenvalue weighted by Crippen LogP contribution is 2.10. The smallest absolute Gasteiger partial charge is 0.237 e. The molecule has 0 aromatic heterocycles. The van der Waals surface area contributed by atoms with E-state index in [9.17, 15) is 9.90 Å². The average Bonchev–Trinajstić information content (AvgIpc) is 2.87. The van der Waals surface area contributed by atoms with Gasteiger partial charge in [0.05, 0.1) is 12.1 Å². The Morgan fingerprint density at radius 2 is 2.19 bits per heavy atom. The van der Waals surface area contributed by atoms with E-state index in [0.717, 1.165) is 13.0 Å². The Kier molecular flexibility index (Phi) is 3.58. The van der Waals surface area contributed by atoms with Crippen molar-refractivity contribution in [2.45, 2.75) is 37.1 Å². The van der Waals surface area contributed by atoms with Crippen molar-refractivity contribution in [3.8, 4) is 0 Å². The van der Waals surface area contributed by atoms with Crippen LogP contribution in [0.2, 0.25) is 0 Å². The fourth-order valence-corrected chi connectivity index (χ4v) is 2.27. The first kappa shape index (κ1) is 11.6. The number of aliphatic hydroxyl groups is 1. The normalized spacial score (nSPS) is 38.6. The van der Waals surface area contributed by atoms with Gasteiger partial charge >= 0.3 is 0 Å². The molecule has 4 N–H and O–H groups in total. The van der Waals surface area contributed by atoms with E-state index in [1.807, 2.05) is 6.08 Å². The highest BCUT2D eigenvalue weighted by atomic mass is 16.3. The lowest BCUT2D eigenvalue weighted by Crippen LogP contribution is -2.45. The summed E-state index contributed by atoms with van der Waals surface area (Å²) in [5, 5.41) is 18.6. The van der Waals surface area contributed by atoms with Crippen LogP contribution in [0.25, 0.3) is 0 Å². The van der Waals surface area contributed by atoms with E-state index in [2.05, 4.69) is 22.5 Å². The van der Waals surface area contributed by atoms with Crippen molar-refractivity contribution in [2.75, 3.05) is 13.1 Å². The van der Waals surface area contributed by atoms with Gasteiger partial charge in [-0.3, -0.25) is 4.79 Å². The number of β-amino-alcohol motifs (C(OH)–C–C–N with tert-alkyl or cyclic N) is 1. The minimum Gasteiger partial charge on any atom is -0.392 e. The van der Waals surface area contributed by atoms with Gasteiger partial charge in [-0.1, -0.05) is 6.08 Å². The van der Waals surface area contributed by atoms with Gasteiger partial charge in [-0.15, -0.1) is 6.58 Å². The summed E-state index contributed by atoms with van der Waals surface area (Å²) in [6, 6.07) is 0.236. The number of amides is 1. The van der Waals surface area contributed by atoms with E-state index in [-0.39, 0.29) is 18.0 Å². The van der Waals surface area contributed by atoms with Crippen LogP contribution < -0.4 is 16.0 Å². The van der Waals surface area contributed by atoms with Crippen LogP contribution in [0.1, 0.15) is 12.8 Å². The second kappa shape index (κ2) is 4.95. The fourth-order valence-electron chi connectivity index (χ4n) is 2.27. The maximum Gasteiger partial charge on any atom is 0.237 e. The topological polar surface area (TPSA) is 73.4 Å². The third-order valence-electron chi connectivity index (χ3n) is 3.22. The van der Waals surface area contributed by atoms with Crippen LogP contribution in [0.3, 0.4) is 0 Å². The minimum atomic E-state index is -0.390. The van der Waals surface area contributed by atoms with Crippen molar-refractivity contribution >= 4 is 5.91 Å². The molecule has 0 saturated carbocycles. The summed E-state index contributed by atoms with van der Waals surface area (Å²) in [4.78, 5) is 11.8. The molecule has 0 aromatic rings. The highest BCUT2D eigenvalue weighted by Gasteiger charge is 2.30. The molecule has 16 heavy (non-hydrogen) atoms. The Labute approximate surface area is 95.3 Å². The van der Waals surface area contributed by atoms with Crippen molar-refractivity contribution in [2.24, 2.45) is 0 Å². The molecule has 2 rings (SSSR count). The Balaban J connectivity index is 1.77. The summed E-state index contributed by atoms with van der Waals surface area (Å²) >= 11 is 0. The average molecular weight is 225 g/mol. The lowest BCUT2D eigenvalue weighted by molar-refractivity contribution is -0.123. The highest BCUT2D eigenvalue weighted by molar-refractivity contribution is 5.82. The molecule has 1 amide bonds. The Hall–Kier alpha value is -0.910. The molecule has 0 aliphatic carbocycles. The number of carbonyl (C=O) groups is 1. The summed E-state index contributed by atoms with van der Waals surface area (Å²) in [5.41, 5.74) is 0. The summed E-state index contributed by atoms with van der Waals surface area (Å²) < 4.78 is 0. The van der Waals surface area contributed by atoms with Crippen LogP contribution in [-0.2, 0) is 4.79 Å². The van der Waals surface area contributed by atoms with E-state index in [4.69, 9.17) is 0 Å². The molecule has 2 saturated heterocycles. The van der Waals surface area contributed by atoms with E-state index in [1.54, 1.807) is 0 Å². The summed E-state index contributed by atoms with van der Waals surface area (Å²) in [6.45, 7) is 5.02. The molecule has 0 aromatic carbocycles. The zero-order valence-electron chi connectivity index (χ0n) is 9.28. The van der Waals surface area contributed by atoms with Crippen molar-refractivity contribution in [1.82, 2.24) is 16.0 Å². The Morgan fingerprint density at radius 1 is 1.38 bits per heavy atom. The minimum absolute atomic E-state index is 0.00642. The van der Waals surface area contributed by atoms with E-state index < -0.39 is 6.10 Å². The molecule has 0 bridgehead atoms. The first-order valence-electron chi connectivity index (χ1n) is 5.77. The van der Waals surface area contributed by atoms with Gasteiger partial charge in [0.25, 0.3) is 0 Å². The molecule has 2 fully saturated rings. The largest absolute Gasteiger partial charge is 0.392 e. The van der Waals surface area contributed by atoms with Gasteiger partial charge < -0.3 is 21.1 Å². The van der Waals surface area contributed by atoms with Crippen LogP contribution in [0.4, 0.5) is 0 Å². The second-order valence-corrected chi connectivity index (χ2v) is 4.54. The third-order valence-corrected chi connectivity index (χ3v) is 3.22. The van der Waals surface area contributed by atoms with Crippen LogP contribution in [0.15, 0.2) is 12.7 Å². The zero-order chi connectivity index (χ0) is 11.5. The van der Waals surface area contributed by atoms with Gasteiger partial charge in [-0.05, 0) is 12.8 Å². The molecular formula is C11H19N3O2. The molecule has 0 radical (unpaired) electrons. The summed E-state index contributed by atoms with van der Waals surface area (Å²) in [7, 11) is 0. The van der Waals surface area contributed by atoms with Crippen LogP contribution >= 0.6 is 0 Å². The van der Waals surface area contributed by atoms with E-state index >= 15 is 0 Å². The third kappa shape index (κ3) is 2.61. The van der Waals surface area contributed by atoms with Gasteiger partial charge in [0.1, 0.15) is 0 Å². The van der Waals surface area contributed by atoms with Crippen LogP contribution in [-0.4, -0.2) is 48.3 Å². The lowest BCUT2D eigenvalue weighted by Gasteiger charge is -2.15. The van der Waals surface area contributed by atoms with Crippen molar-refractivity contribution in [3.63, 3.8) is 0 Å². The molecule has 2 aliphatic rings. The van der Waals surface area contributed by atoms with Gasteiger partial charge in [-0.25, -0.2) is 0 Å². The molecule has 4 atom stereocenters. The Bertz CT molecular complexity index is 282. The van der Waals surface area contributed by atoms with Crippen molar-refractivity contribution < 1.29 is 9.90 Å². The number of hydrogen-bond acceptors (Lipinski definition) is 4. The Morgan fingerprint density at radius 3 is 2.75 bits per heavy atom. The predicted molar refractivity (Wildman–Crippen MR) is 60.9 cm³/mol. The molecule has 5 heteroatoms. The van der Waals surface area contributed by atoms with Crippen molar-refractivity contribution in [1.29, 1.82) is 0 Å². The van der Waals surface area contributed by atoms with Gasteiger partial charge in [0.15, 0.2) is 0 Å². The fraction of sp³-hybridized carbons (Fsp3) is 0.727. The van der Waals surface area contributed by atoms with Gasteiger partial charge in [-0.2, -0.15) is 0 Å².